The molecule has 88 valence electrons. The van der Waals surface area contributed by atoms with E-state index in [9.17, 15) is 0 Å². The summed E-state index contributed by atoms with van der Waals surface area (Å²) in [6.45, 7) is 4.55. The molecule has 0 amide bonds. The Hall–Kier alpha value is -0.820. The van der Waals surface area contributed by atoms with Crippen LogP contribution in [0.2, 0.25) is 0 Å². The number of hydrogen-bond donors (Lipinski definition) is 1. The molecule has 0 heterocycles. The van der Waals surface area contributed by atoms with Gasteiger partial charge in [0, 0.05) is 6.04 Å². The van der Waals surface area contributed by atoms with Crippen molar-refractivity contribution in [1.29, 1.82) is 0 Å². The third-order valence-corrected chi connectivity index (χ3v) is 3.95. The molecule has 2 rings (SSSR count). The summed E-state index contributed by atoms with van der Waals surface area (Å²) in [5.41, 5.74) is 9.29. The zero-order valence-corrected chi connectivity index (χ0v) is 10.4. The van der Waals surface area contributed by atoms with Crippen molar-refractivity contribution < 1.29 is 0 Å². The monoisotopic (exact) mass is 217 g/mol. The Bertz CT molecular complexity index is 345. The largest absolute Gasteiger partial charge is 0.328 e. The molecule has 1 aromatic carbocycles. The molecule has 0 aliphatic heterocycles. The van der Waals surface area contributed by atoms with Gasteiger partial charge in [0.2, 0.25) is 0 Å². The predicted octanol–water partition coefficient (Wildman–Crippen LogP) is 3.48. The third kappa shape index (κ3) is 2.46. The van der Waals surface area contributed by atoms with E-state index in [1.54, 1.807) is 5.56 Å². The summed E-state index contributed by atoms with van der Waals surface area (Å²) in [7, 11) is 0. The van der Waals surface area contributed by atoms with Gasteiger partial charge in [-0.05, 0) is 42.2 Å². The number of hydrogen-bond acceptors (Lipinski definition) is 1. The second-order valence-electron chi connectivity index (χ2n) is 5.34. The zero-order chi connectivity index (χ0) is 11.5. The second kappa shape index (κ2) is 5.01. The normalized spacial score (nSPS) is 22.1. The van der Waals surface area contributed by atoms with E-state index < -0.39 is 0 Å². The minimum absolute atomic E-state index is 0.383. The maximum atomic E-state index is 6.22. The van der Waals surface area contributed by atoms with Gasteiger partial charge in [-0.15, -0.1) is 0 Å². The molecule has 1 aliphatic carbocycles. The molecule has 16 heavy (non-hydrogen) atoms. The van der Waals surface area contributed by atoms with Crippen molar-refractivity contribution in [2.75, 3.05) is 0 Å². The highest BCUT2D eigenvalue weighted by molar-refractivity contribution is 5.39. The molecular formula is C15H23N. The Labute approximate surface area is 99.0 Å². The van der Waals surface area contributed by atoms with Crippen molar-refractivity contribution in [2.45, 2.75) is 51.5 Å². The number of fused-ring (bicyclic) bond motifs is 1. The number of nitrogens with two attached hydrogens (primary N) is 1. The topological polar surface area (TPSA) is 26.0 Å². The predicted molar refractivity (Wildman–Crippen MR) is 69.6 cm³/mol. The van der Waals surface area contributed by atoms with Crippen LogP contribution in [0.25, 0.3) is 0 Å². The molecular weight excluding hydrogens is 194 g/mol. The van der Waals surface area contributed by atoms with Crippen LogP contribution in [0.3, 0.4) is 0 Å². The average molecular weight is 217 g/mol. The van der Waals surface area contributed by atoms with Crippen LogP contribution < -0.4 is 5.73 Å². The molecule has 0 spiro atoms. The molecule has 1 aliphatic rings. The van der Waals surface area contributed by atoms with Crippen LogP contribution in [0.15, 0.2) is 24.3 Å². The summed E-state index contributed by atoms with van der Waals surface area (Å²) >= 11 is 0. The van der Waals surface area contributed by atoms with Crippen LogP contribution in [0.1, 0.15) is 50.2 Å². The molecule has 3 unspecified atom stereocenters. The maximum absolute atomic E-state index is 6.22. The molecule has 2 N–H and O–H groups in total. The van der Waals surface area contributed by atoms with Gasteiger partial charge < -0.3 is 5.73 Å². The molecule has 0 fully saturated rings. The van der Waals surface area contributed by atoms with Gasteiger partial charge in [0.25, 0.3) is 0 Å². The summed E-state index contributed by atoms with van der Waals surface area (Å²) in [6, 6.07) is 9.17. The summed E-state index contributed by atoms with van der Waals surface area (Å²) < 4.78 is 0. The molecule has 1 nitrogen and oxygen atoms in total. The molecule has 0 saturated carbocycles. The first-order chi connectivity index (χ1) is 7.70. The Morgan fingerprint density at radius 3 is 2.81 bits per heavy atom. The molecule has 1 aromatic rings. The zero-order valence-electron chi connectivity index (χ0n) is 10.4. The Morgan fingerprint density at radius 2 is 2.12 bits per heavy atom. The fourth-order valence-electron chi connectivity index (χ4n) is 2.72. The number of benzene rings is 1. The van der Waals surface area contributed by atoms with E-state index in [-0.39, 0.29) is 0 Å². The molecule has 3 atom stereocenters. The van der Waals surface area contributed by atoms with Gasteiger partial charge in [0.05, 0.1) is 0 Å². The summed E-state index contributed by atoms with van der Waals surface area (Å²) in [6.07, 6.45) is 4.83. The van der Waals surface area contributed by atoms with Crippen molar-refractivity contribution in [2.24, 2.45) is 11.7 Å². The van der Waals surface area contributed by atoms with E-state index >= 15 is 0 Å². The highest BCUT2D eigenvalue weighted by Gasteiger charge is 2.27. The molecule has 0 bridgehead atoms. The summed E-state index contributed by atoms with van der Waals surface area (Å²) in [5, 5.41) is 0. The van der Waals surface area contributed by atoms with Gasteiger partial charge in [0.1, 0.15) is 0 Å². The van der Waals surface area contributed by atoms with Gasteiger partial charge in [-0.1, -0.05) is 44.5 Å². The molecule has 0 saturated heterocycles. The van der Waals surface area contributed by atoms with Crippen LogP contribution >= 0.6 is 0 Å². The van der Waals surface area contributed by atoms with E-state index in [1.165, 1.54) is 31.2 Å². The SMILES string of the molecule is CCC(C)CC(N)CC1Cc2ccccc21. The summed E-state index contributed by atoms with van der Waals surface area (Å²) in [4.78, 5) is 0. The van der Waals surface area contributed by atoms with Crippen LogP contribution in [-0.4, -0.2) is 6.04 Å². The minimum Gasteiger partial charge on any atom is -0.328 e. The quantitative estimate of drug-likeness (QED) is 0.803. The second-order valence-corrected chi connectivity index (χ2v) is 5.34. The molecule has 0 aromatic heterocycles. The van der Waals surface area contributed by atoms with E-state index in [2.05, 4.69) is 38.1 Å². The van der Waals surface area contributed by atoms with Crippen LogP contribution in [-0.2, 0) is 6.42 Å². The fraction of sp³-hybridized carbons (Fsp3) is 0.600. The van der Waals surface area contributed by atoms with Crippen molar-refractivity contribution in [3.8, 4) is 0 Å². The molecule has 1 heteroatoms. The lowest BCUT2D eigenvalue weighted by atomic mass is 9.74. The maximum Gasteiger partial charge on any atom is 0.00473 e. The van der Waals surface area contributed by atoms with Crippen LogP contribution in [0, 0.1) is 5.92 Å². The van der Waals surface area contributed by atoms with Crippen molar-refractivity contribution >= 4 is 0 Å². The van der Waals surface area contributed by atoms with Gasteiger partial charge in [-0.2, -0.15) is 0 Å². The van der Waals surface area contributed by atoms with E-state index in [1.807, 2.05) is 0 Å². The lowest BCUT2D eigenvalue weighted by molar-refractivity contribution is 0.399. The Kier molecular flexibility index (Phi) is 3.65. The molecule has 0 radical (unpaired) electrons. The first kappa shape index (κ1) is 11.7. The number of rotatable bonds is 5. The Balaban J connectivity index is 1.85. The van der Waals surface area contributed by atoms with Crippen molar-refractivity contribution in [1.82, 2.24) is 0 Å². The van der Waals surface area contributed by atoms with Crippen molar-refractivity contribution in [3.63, 3.8) is 0 Å². The minimum atomic E-state index is 0.383. The standard InChI is InChI=1S/C15H23N/c1-3-11(2)8-14(16)10-13-9-12-6-4-5-7-15(12)13/h4-7,11,13-14H,3,8-10,16H2,1-2H3. The first-order valence-corrected chi connectivity index (χ1v) is 6.54. The Morgan fingerprint density at radius 1 is 1.38 bits per heavy atom. The van der Waals surface area contributed by atoms with E-state index in [4.69, 9.17) is 5.73 Å². The van der Waals surface area contributed by atoms with E-state index in [0.29, 0.717) is 6.04 Å². The summed E-state index contributed by atoms with van der Waals surface area (Å²) in [5.74, 6) is 1.50. The van der Waals surface area contributed by atoms with Crippen LogP contribution in [0.5, 0.6) is 0 Å². The fourth-order valence-corrected chi connectivity index (χ4v) is 2.72. The smallest absolute Gasteiger partial charge is 0.00473 e. The highest BCUT2D eigenvalue weighted by Crippen LogP contribution is 2.38. The van der Waals surface area contributed by atoms with Crippen LogP contribution in [0.4, 0.5) is 0 Å². The van der Waals surface area contributed by atoms with E-state index in [0.717, 1.165) is 11.8 Å². The highest BCUT2D eigenvalue weighted by atomic mass is 14.6. The third-order valence-electron chi connectivity index (χ3n) is 3.95. The lowest BCUT2D eigenvalue weighted by Crippen LogP contribution is -2.29. The van der Waals surface area contributed by atoms with Gasteiger partial charge >= 0.3 is 0 Å². The first-order valence-electron chi connectivity index (χ1n) is 6.54. The van der Waals surface area contributed by atoms with Gasteiger partial charge in [0.15, 0.2) is 0 Å². The van der Waals surface area contributed by atoms with Gasteiger partial charge in [-0.3, -0.25) is 0 Å². The van der Waals surface area contributed by atoms with Gasteiger partial charge in [-0.25, -0.2) is 0 Å². The average Bonchev–Trinajstić information content (AvgIpc) is 2.26. The lowest BCUT2D eigenvalue weighted by Gasteiger charge is -2.32. The van der Waals surface area contributed by atoms with Crippen molar-refractivity contribution in [3.05, 3.63) is 35.4 Å².